The molecule has 0 aliphatic carbocycles. The predicted molar refractivity (Wildman–Crippen MR) is 93.3 cm³/mol. The fraction of sp³-hybridized carbons (Fsp3) is 0.278. The van der Waals surface area contributed by atoms with Gasteiger partial charge in [-0.25, -0.2) is 0 Å². The van der Waals surface area contributed by atoms with E-state index in [1.165, 1.54) is 5.56 Å². The Morgan fingerprint density at radius 1 is 1.10 bits per heavy atom. The first-order valence-electron chi connectivity index (χ1n) is 7.10. The quantitative estimate of drug-likeness (QED) is 0.747. The van der Waals surface area contributed by atoms with Crippen LogP contribution in [0.25, 0.3) is 0 Å². The standard InChI is InChI=1S/C18H21NOS/c1-13(2)16-10-5-6-11-17(16)20-18(21)19(4)15-9-7-8-14(3)12-15/h5-13H,1-4H3. The van der Waals surface area contributed by atoms with Gasteiger partial charge in [-0.15, -0.1) is 0 Å². The second-order valence-electron chi connectivity index (χ2n) is 5.46. The third-order valence-electron chi connectivity index (χ3n) is 3.40. The SMILES string of the molecule is Cc1cccc(N(C)C(=S)Oc2ccccc2C(C)C)c1. The van der Waals surface area contributed by atoms with Gasteiger partial charge >= 0.3 is 0 Å². The molecular weight excluding hydrogens is 278 g/mol. The van der Waals surface area contributed by atoms with Crippen LogP contribution in [0, 0.1) is 6.92 Å². The maximum Gasteiger partial charge on any atom is 0.269 e. The van der Waals surface area contributed by atoms with Crippen LogP contribution in [0.1, 0.15) is 30.9 Å². The molecule has 2 aromatic carbocycles. The fourth-order valence-electron chi connectivity index (χ4n) is 2.15. The van der Waals surface area contributed by atoms with Gasteiger partial charge in [-0.05, 0) is 54.4 Å². The van der Waals surface area contributed by atoms with E-state index in [9.17, 15) is 0 Å². The van der Waals surface area contributed by atoms with Crippen LogP contribution < -0.4 is 9.64 Å². The molecular formula is C18H21NOS. The lowest BCUT2D eigenvalue weighted by Crippen LogP contribution is -2.29. The van der Waals surface area contributed by atoms with Crippen molar-refractivity contribution >= 4 is 23.1 Å². The number of anilines is 1. The minimum absolute atomic E-state index is 0.397. The Labute approximate surface area is 132 Å². The summed E-state index contributed by atoms with van der Waals surface area (Å²) in [6.45, 7) is 6.36. The van der Waals surface area contributed by atoms with Gasteiger partial charge in [-0.1, -0.05) is 44.2 Å². The molecule has 2 rings (SSSR count). The van der Waals surface area contributed by atoms with Gasteiger partial charge in [-0.3, -0.25) is 0 Å². The molecule has 2 aromatic rings. The van der Waals surface area contributed by atoms with Crippen molar-refractivity contribution in [1.82, 2.24) is 0 Å². The number of benzene rings is 2. The Balaban J connectivity index is 2.18. The highest BCUT2D eigenvalue weighted by molar-refractivity contribution is 7.80. The molecule has 0 saturated carbocycles. The predicted octanol–water partition coefficient (Wildman–Crippen LogP) is 4.92. The van der Waals surface area contributed by atoms with Gasteiger partial charge < -0.3 is 9.64 Å². The lowest BCUT2D eigenvalue weighted by molar-refractivity contribution is 0.539. The summed E-state index contributed by atoms with van der Waals surface area (Å²) in [5.74, 6) is 1.23. The zero-order valence-corrected chi connectivity index (χ0v) is 13.8. The molecule has 0 amide bonds. The number of aryl methyl sites for hydroxylation is 1. The molecule has 0 aliphatic rings. The summed E-state index contributed by atoms with van der Waals surface area (Å²) in [4.78, 5) is 1.89. The van der Waals surface area contributed by atoms with Gasteiger partial charge in [0.25, 0.3) is 5.17 Å². The van der Waals surface area contributed by atoms with Crippen LogP contribution in [0.4, 0.5) is 5.69 Å². The molecule has 110 valence electrons. The number of rotatable bonds is 3. The molecule has 0 heterocycles. The molecule has 0 unspecified atom stereocenters. The molecule has 0 radical (unpaired) electrons. The Kier molecular flexibility index (Phi) is 4.97. The third kappa shape index (κ3) is 3.82. The van der Waals surface area contributed by atoms with Crippen molar-refractivity contribution in [3.8, 4) is 5.75 Å². The summed E-state index contributed by atoms with van der Waals surface area (Å²) < 4.78 is 5.92. The van der Waals surface area contributed by atoms with E-state index in [1.807, 2.05) is 42.3 Å². The van der Waals surface area contributed by atoms with Gasteiger partial charge in [-0.2, -0.15) is 0 Å². The molecule has 2 nitrogen and oxygen atoms in total. The Morgan fingerprint density at radius 3 is 2.48 bits per heavy atom. The first-order valence-corrected chi connectivity index (χ1v) is 7.51. The maximum absolute atomic E-state index is 5.92. The lowest BCUT2D eigenvalue weighted by Gasteiger charge is -2.22. The van der Waals surface area contributed by atoms with E-state index in [4.69, 9.17) is 17.0 Å². The molecule has 0 aromatic heterocycles. The van der Waals surface area contributed by atoms with Gasteiger partial charge in [0.2, 0.25) is 0 Å². The number of hydrogen-bond acceptors (Lipinski definition) is 2. The van der Waals surface area contributed by atoms with Crippen molar-refractivity contribution in [2.75, 3.05) is 11.9 Å². The zero-order chi connectivity index (χ0) is 15.4. The number of nitrogens with zero attached hydrogens (tertiary/aromatic N) is 1. The monoisotopic (exact) mass is 299 g/mol. The molecule has 3 heteroatoms. The van der Waals surface area contributed by atoms with Crippen LogP contribution in [0.15, 0.2) is 48.5 Å². The van der Waals surface area contributed by atoms with Crippen LogP contribution >= 0.6 is 12.2 Å². The van der Waals surface area contributed by atoms with Crippen molar-refractivity contribution < 1.29 is 4.74 Å². The van der Waals surface area contributed by atoms with Crippen LogP contribution in [0.5, 0.6) is 5.75 Å². The molecule has 0 aliphatic heterocycles. The number of para-hydroxylation sites is 1. The van der Waals surface area contributed by atoms with Gasteiger partial charge in [0.15, 0.2) is 0 Å². The number of ether oxygens (including phenoxy) is 1. The topological polar surface area (TPSA) is 12.5 Å². The summed E-state index contributed by atoms with van der Waals surface area (Å²) in [5, 5.41) is 0.453. The minimum Gasteiger partial charge on any atom is -0.431 e. The van der Waals surface area contributed by atoms with E-state index in [-0.39, 0.29) is 0 Å². The van der Waals surface area contributed by atoms with Crippen molar-refractivity contribution in [2.45, 2.75) is 26.7 Å². The van der Waals surface area contributed by atoms with Crippen LogP contribution in [-0.4, -0.2) is 12.2 Å². The molecule has 0 N–H and O–H groups in total. The first-order chi connectivity index (χ1) is 9.99. The van der Waals surface area contributed by atoms with E-state index >= 15 is 0 Å². The average molecular weight is 299 g/mol. The van der Waals surface area contributed by atoms with Crippen LogP contribution in [-0.2, 0) is 0 Å². The van der Waals surface area contributed by atoms with Crippen molar-refractivity contribution in [2.24, 2.45) is 0 Å². The summed E-state index contributed by atoms with van der Waals surface area (Å²) in [5.41, 5.74) is 3.39. The molecule has 0 bridgehead atoms. The smallest absolute Gasteiger partial charge is 0.269 e. The van der Waals surface area contributed by atoms with Gasteiger partial charge in [0.1, 0.15) is 5.75 Å². The number of thiocarbonyl (C=S) groups is 1. The lowest BCUT2D eigenvalue weighted by atomic mass is 10.0. The fourth-order valence-corrected chi connectivity index (χ4v) is 2.35. The highest BCUT2D eigenvalue weighted by atomic mass is 32.1. The first kappa shape index (κ1) is 15.5. The summed E-state index contributed by atoms with van der Waals surface area (Å²) in [6, 6.07) is 16.2. The Bertz CT molecular complexity index is 637. The molecule has 0 atom stereocenters. The second-order valence-corrected chi connectivity index (χ2v) is 5.81. The van der Waals surface area contributed by atoms with E-state index in [2.05, 4.69) is 39.0 Å². The van der Waals surface area contributed by atoms with Gasteiger partial charge in [0.05, 0.1) is 0 Å². The summed E-state index contributed by atoms with van der Waals surface area (Å²) in [7, 11) is 1.93. The molecule has 0 fully saturated rings. The van der Waals surface area contributed by atoms with E-state index in [0.29, 0.717) is 11.1 Å². The average Bonchev–Trinajstić information content (AvgIpc) is 2.46. The Hall–Kier alpha value is -1.87. The van der Waals surface area contributed by atoms with E-state index in [0.717, 1.165) is 17.0 Å². The van der Waals surface area contributed by atoms with Crippen molar-refractivity contribution in [3.05, 3.63) is 59.7 Å². The number of hydrogen-bond donors (Lipinski definition) is 0. The zero-order valence-electron chi connectivity index (χ0n) is 13.0. The van der Waals surface area contributed by atoms with Crippen LogP contribution in [0.3, 0.4) is 0 Å². The van der Waals surface area contributed by atoms with Gasteiger partial charge in [0, 0.05) is 12.7 Å². The van der Waals surface area contributed by atoms with Crippen LogP contribution in [0.2, 0.25) is 0 Å². The van der Waals surface area contributed by atoms with Crippen molar-refractivity contribution in [3.63, 3.8) is 0 Å². The summed E-state index contributed by atoms with van der Waals surface area (Å²) in [6.07, 6.45) is 0. The maximum atomic E-state index is 5.92. The minimum atomic E-state index is 0.397. The Morgan fingerprint density at radius 2 is 1.81 bits per heavy atom. The largest absolute Gasteiger partial charge is 0.431 e. The van der Waals surface area contributed by atoms with Crippen molar-refractivity contribution in [1.29, 1.82) is 0 Å². The molecule has 0 spiro atoms. The van der Waals surface area contributed by atoms with E-state index in [1.54, 1.807) is 0 Å². The van der Waals surface area contributed by atoms with E-state index < -0.39 is 0 Å². The third-order valence-corrected chi connectivity index (χ3v) is 3.76. The normalized spacial score (nSPS) is 10.5. The molecule has 0 saturated heterocycles. The second kappa shape index (κ2) is 6.72. The summed E-state index contributed by atoms with van der Waals surface area (Å²) >= 11 is 5.43. The highest BCUT2D eigenvalue weighted by Gasteiger charge is 2.13. The molecule has 21 heavy (non-hydrogen) atoms. The highest BCUT2D eigenvalue weighted by Crippen LogP contribution is 2.27.